The van der Waals surface area contributed by atoms with E-state index >= 15 is 0 Å². The van der Waals surface area contributed by atoms with Gasteiger partial charge < -0.3 is 5.32 Å². The van der Waals surface area contributed by atoms with E-state index in [1.165, 1.54) is 0 Å². The van der Waals surface area contributed by atoms with Crippen molar-refractivity contribution in [3.63, 3.8) is 0 Å². The molecule has 3 rings (SSSR count). The van der Waals surface area contributed by atoms with Crippen molar-refractivity contribution in [2.24, 2.45) is 0 Å². The molecule has 116 valence electrons. The monoisotopic (exact) mass is 297 g/mol. The van der Waals surface area contributed by atoms with Crippen molar-refractivity contribution in [2.75, 3.05) is 0 Å². The van der Waals surface area contributed by atoms with E-state index in [1.807, 2.05) is 48.9 Å². The van der Waals surface area contributed by atoms with E-state index in [1.54, 1.807) is 0 Å². The van der Waals surface area contributed by atoms with Crippen molar-refractivity contribution in [1.82, 2.24) is 15.1 Å². The maximum atomic E-state index is 12.7. The molecule has 0 spiro atoms. The summed E-state index contributed by atoms with van der Waals surface area (Å²) in [5, 5.41) is 7.83. The molecular weight excluding hydrogens is 274 g/mol. The molecule has 1 heterocycles. The molecule has 2 aromatic rings. The van der Waals surface area contributed by atoms with Crippen LogP contribution in [-0.4, -0.2) is 21.7 Å². The molecule has 0 radical (unpaired) electrons. The number of para-hydroxylation sites is 1. The van der Waals surface area contributed by atoms with Gasteiger partial charge in [-0.1, -0.05) is 25.1 Å². The van der Waals surface area contributed by atoms with Crippen LogP contribution < -0.4 is 5.32 Å². The fraction of sp³-hybridized carbons (Fsp3) is 0.444. The highest BCUT2D eigenvalue weighted by atomic mass is 16.1. The van der Waals surface area contributed by atoms with Gasteiger partial charge in [0.15, 0.2) is 0 Å². The zero-order chi connectivity index (χ0) is 15.7. The number of rotatable bonds is 5. The Morgan fingerprint density at radius 3 is 2.55 bits per heavy atom. The van der Waals surface area contributed by atoms with E-state index in [4.69, 9.17) is 5.10 Å². The van der Waals surface area contributed by atoms with E-state index in [-0.39, 0.29) is 11.9 Å². The zero-order valence-electron chi connectivity index (χ0n) is 13.5. The van der Waals surface area contributed by atoms with Gasteiger partial charge in [-0.05, 0) is 45.2 Å². The highest BCUT2D eigenvalue weighted by molar-refractivity contribution is 5.97. The Kier molecular flexibility index (Phi) is 4.01. The summed E-state index contributed by atoms with van der Waals surface area (Å²) in [6.07, 6.45) is 3.06. The molecule has 1 aromatic heterocycles. The van der Waals surface area contributed by atoms with E-state index in [2.05, 4.69) is 12.2 Å². The lowest BCUT2D eigenvalue weighted by Gasteiger charge is -2.10. The molecule has 1 N–H and O–H groups in total. The second-order valence-corrected chi connectivity index (χ2v) is 6.21. The molecule has 22 heavy (non-hydrogen) atoms. The van der Waals surface area contributed by atoms with Crippen molar-refractivity contribution < 1.29 is 4.79 Å². The Morgan fingerprint density at radius 1 is 1.32 bits per heavy atom. The fourth-order valence-corrected chi connectivity index (χ4v) is 2.81. The average Bonchev–Trinajstić information content (AvgIpc) is 3.27. The Morgan fingerprint density at radius 2 is 2.00 bits per heavy atom. The summed E-state index contributed by atoms with van der Waals surface area (Å²) in [7, 11) is 0. The average molecular weight is 297 g/mol. The van der Waals surface area contributed by atoms with Crippen LogP contribution in [0.2, 0.25) is 0 Å². The van der Waals surface area contributed by atoms with Crippen LogP contribution in [0.25, 0.3) is 5.69 Å². The van der Waals surface area contributed by atoms with Gasteiger partial charge in [-0.2, -0.15) is 5.10 Å². The summed E-state index contributed by atoms with van der Waals surface area (Å²) < 4.78 is 1.95. The van der Waals surface area contributed by atoms with Gasteiger partial charge >= 0.3 is 0 Å². The van der Waals surface area contributed by atoms with Crippen LogP contribution in [0.5, 0.6) is 0 Å². The highest BCUT2D eigenvalue weighted by Gasteiger charge is 2.34. The predicted octanol–water partition coefficient (Wildman–Crippen LogP) is 3.45. The van der Waals surface area contributed by atoms with Gasteiger partial charge in [0, 0.05) is 12.0 Å². The first-order valence-electron chi connectivity index (χ1n) is 8.09. The van der Waals surface area contributed by atoms with Gasteiger partial charge in [-0.3, -0.25) is 4.79 Å². The van der Waals surface area contributed by atoms with E-state index < -0.39 is 0 Å². The summed E-state index contributed by atoms with van der Waals surface area (Å²) >= 11 is 0. The molecule has 0 atom stereocenters. The number of aromatic nitrogens is 2. The van der Waals surface area contributed by atoms with Crippen molar-refractivity contribution >= 4 is 5.91 Å². The Labute approximate surface area is 131 Å². The predicted molar refractivity (Wildman–Crippen MR) is 87.5 cm³/mol. The van der Waals surface area contributed by atoms with E-state index in [0.717, 1.165) is 41.9 Å². The topological polar surface area (TPSA) is 46.9 Å². The molecule has 1 saturated carbocycles. The summed E-state index contributed by atoms with van der Waals surface area (Å²) in [6, 6.07) is 10.2. The number of hydrogen-bond donors (Lipinski definition) is 1. The molecule has 1 amide bonds. The minimum absolute atomic E-state index is 0.0101. The molecule has 0 bridgehead atoms. The summed E-state index contributed by atoms with van der Waals surface area (Å²) in [5.74, 6) is 0.458. The number of nitrogens with one attached hydrogen (secondary N) is 1. The third kappa shape index (κ3) is 2.78. The van der Waals surface area contributed by atoms with Crippen LogP contribution in [0.1, 0.15) is 61.3 Å². The van der Waals surface area contributed by atoms with Crippen molar-refractivity contribution in [3.8, 4) is 5.69 Å². The first kappa shape index (κ1) is 14.8. The minimum Gasteiger partial charge on any atom is -0.350 e. The molecule has 0 aliphatic heterocycles. The maximum absolute atomic E-state index is 12.7. The minimum atomic E-state index is 0.0101. The molecule has 1 fully saturated rings. The normalized spacial score (nSPS) is 14.4. The molecule has 1 aromatic carbocycles. The van der Waals surface area contributed by atoms with Crippen molar-refractivity contribution in [3.05, 3.63) is 47.3 Å². The number of carbonyl (C=O) groups is 1. The Bertz CT molecular complexity index is 669. The van der Waals surface area contributed by atoms with Crippen molar-refractivity contribution in [2.45, 2.75) is 52.0 Å². The number of amides is 1. The first-order chi connectivity index (χ1) is 10.6. The van der Waals surface area contributed by atoms with Crippen LogP contribution in [-0.2, 0) is 6.42 Å². The summed E-state index contributed by atoms with van der Waals surface area (Å²) in [5.41, 5.74) is 3.79. The van der Waals surface area contributed by atoms with Crippen molar-refractivity contribution in [1.29, 1.82) is 0 Å². The Balaban J connectivity index is 2.11. The number of benzene rings is 1. The van der Waals surface area contributed by atoms with Crippen LogP contribution in [0.15, 0.2) is 30.3 Å². The third-order valence-corrected chi connectivity index (χ3v) is 3.95. The molecule has 4 heteroatoms. The lowest BCUT2D eigenvalue weighted by atomic mass is 10.1. The first-order valence-corrected chi connectivity index (χ1v) is 8.09. The van der Waals surface area contributed by atoms with Gasteiger partial charge in [0.2, 0.25) is 0 Å². The van der Waals surface area contributed by atoms with E-state index in [0.29, 0.717) is 5.92 Å². The van der Waals surface area contributed by atoms with Gasteiger partial charge in [0.1, 0.15) is 0 Å². The number of carbonyl (C=O) groups excluding carboxylic acids is 1. The number of hydrogen-bond acceptors (Lipinski definition) is 2. The lowest BCUT2D eigenvalue weighted by molar-refractivity contribution is 0.0941. The maximum Gasteiger partial charge on any atom is 0.255 e. The van der Waals surface area contributed by atoms with Gasteiger partial charge in [0.05, 0.1) is 22.6 Å². The van der Waals surface area contributed by atoms with Crippen LogP contribution in [0.3, 0.4) is 0 Å². The molecule has 0 unspecified atom stereocenters. The lowest BCUT2D eigenvalue weighted by Crippen LogP contribution is -2.31. The van der Waals surface area contributed by atoms with E-state index in [9.17, 15) is 4.79 Å². The number of nitrogens with zero attached hydrogens (tertiary/aromatic N) is 2. The Hall–Kier alpha value is -2.10. The molecular formula is C18H23N3O. The van der Waals surface area contributed by atoms with Crippen LogP contribution in [0, 0.1) is 0 Å². The third-order valence-electron chi connectivity index (χ3n) is 3.95. The SMILES string of the molecule is CCc1c(C(=O)NC(C)C)c(C2CC2)nn1-c1ccccc1. The standard InChI is InChI=1S/C18H23N3O/c1-4-15-16(18(22)19-12(2)3)17(13-10-11-13)20-21(15)14-8-6-5-7-9-14/h5-9,12-13H,4,10-11H2,1-3H3,(H,19,22). The fourth-order valence-electron chi connectivity index (χ4n) is 2.81. The molecule has 1 aliphatic rings. The molecule has 1 aliphatic carbocycles. The molecule has 4 nitrogen and oxygen atoms in total. The smallest absolute Gasteiger partial charge is 0.255 e. The zero-order valence-corrected chi connectivity index (χ0v) is 13.5. The van der Waals surface area contributed by atoms with Crippen LogP contribution in [0.4, 0.5) is 0 Å². The summed E-state index contributed by atoms with van der Waals surface area (Å²) in [4.78, 5) is 12.7. The second kappa shape index (κ2) is 5.95. The second-order valence-electron chi connectivity index (χ2n) is 6.21. The highest BCUT2D eigenvalue weighted by Crippen LogP contribution is 2.42. The van der Waals surface area contributed by atoms with Crippen LogP contribution >= 0.6 is 0 Å². The van der Waals surface area contributed by atoms with Gasteiger partial charge in [-0.25, -0.2) is 4.68 Å². The molecule has 0 saturated heterocycles. The largest absolute Gasteiger partial charge is 0.350 e. The summed E-state index contributed by atoms with van der Waals surface area (Å²) in [6.45, 7) is 6.06. The van der Waals surface area contributed by atoms with Gasteiger partial charge in [-0.15, -0.1) is 0 Å². The van der Waals surface area contributed by atoms with Gasteiger partial charge in [0.25, 0.3) is 5.91 Å². The quantitative estimate of drug-likeness (QED) is 0.919.